The first-order valence-corrected chi connectivity index (χ1v) is 8.90. The second kappa shape index (κ2) is 8.17. The predicted octanol–water partition coefficient (Wildman–Crippen LogP) is 4.67. The molecule has 1 aliphatic carbocycles. The highest BCUT2D eigenvalue weighted by atomic mass is 16.1. The summed E-state index contributed by atoms with van der Waals surface area (Å²) in [5.74, 6) is 1.50. The van der Waals surface area contributed by atoms with Crippen molar-refractivity contribution in [2.24, 2.45) is 11.8 Å². The Kier molecular flexibility index (Phi) is 7.22. The van der Waals surface area contributed by atoms with Gasteiger partial charge in [-0.1, -0.05) is 53.9 Å². The van der Waals surface area contributed by atoms with Crippen LogP contribution in [0.4, 0.5) is 0 Å². The van der Waals surface area contributed by atoms with Crippen LogP contribution in [0, 0.1) is 11.8 Å². The summed E-state index contributed by atoms with van der Waals surface area (Å²) < 4.78 is 0. The van der Waals surface area contributed by atoms with Crippen LogP contribution in [-0.4, -0.2) is 29.3 Å². The number of hydrogen-bond acceptors (Lipinski definition) is 2. The Bertz CT molecular complexity index is 292. The molecule has 0 heterocycles. The largest absolute Gasteiger partial charge is 0.297 e. The van der Waals surface area contributed by atoms with Gasteiger partial charge in [-0.05, 0) is 44.7 Å². The molecule has 2 nitrogen and oxygen atoms in total. The summed E-state index contributed by atoms with van der Waals surface area (Å²) in [7, 11) is 0. The summed E-state index contributed by atoms with van der Waals surface area (Å²) in [6.45, 7) is 13.0. The van der Waals surface area contributed by atoms with Crippen LogP contribution in [0.5, 0.6) is 0 Å². The zero-order chi connectivity index (χ0) is 15.2. The maximum absolute atomic E-state index is 13.4. The number of carbonyl (C=O) groups excluding carboxylic acids is 1. The maximum Gasteiger partial charge on any atom is 0.156 e. The summed E-state index contributed by atoms with van der Waals surface area (Å²) in [6.07, 6.45) is 8.02. The van der Waals surface area contributed by atoms with Gasteiger partial charge in [-0.2, -0.15) is 0 Å². The summed E-state index contributed by atoms with van der Waals surface area (Å²) >= 11 is 0. The zero-order valence-electron chi connectivity index (χ0n) is 14.4. The SMILES string of the molecule is CCC1CCCCC1C(=O)C(CC)(CC)N(CC)CC. The van der Waals surface area contributed by atoms with Crippen LogP contribution in [0.15, 0.2) is 0 Å². The van der Waals surface area contributed by atoms with Crippen LogP contribution >= 0.6 is 0 Å². The van der Waals surface area contributed by atoms with E-state index >= 15 is 0 Å². The van der Waals surface area contributed by atoms with Crippen LogP contribution < -0.4 is 0 Å². The van der Waals surface area contributed by atoms with Gasteiger partial charge < -0.3 is 0 Å². The van der Waals surface area contributed by atoms with Crippen molar-refractivity contribution in [3.8, 4) is 0 Å². The van der Waals surface area contributed by atoms with Gasteiger partial charge in [0.2, 0.25) is 0 Å². The Morgan fingerprint density at radius 3 is 2.00 bits per heavy atom. The predicted molar refractivity (Wildman–Crippen MR) is 87.0 cm³/mol. The average molecular weight is 281 g/mol. The molecule has 0 aromatic rings. The minimum atomic E-state index is -0.209. The molecule has 1 aliphatic rings. The standard InChI is InChI=1S/C18H35NO/c1-6-15-13-11-12-14-16(15)17(20)18(7-2,8-3)19(9-4)10-5/h15-16H,6-14H2,1-5H3. The van der Waals surface area contributed by atoms with Crippen molar-refractivity contribution >= 4 is 5.78 Å². The van der Waals surface area contributed by atoms with Crippen molar-refractivity contribution in [1.82, 2.24) is 4.90 Å². The van der Waals surface area contributed by atoms with Gasteiger partial charge in [-0.25, -0.2) is 0 Å². The van der Waals surface area contributed by atoms with Gasteiger partial charge in [0.1, 0.15) is 0 Å². The van der Waals surface area contributed by atoms with Crippen LogP contribution in [0.25, 0.3) is 0 Å². The van der Waals surface area contributed by atoms with E-state index < -0.39 is 0 Å². The lowest BCUT2D eigenvalue weighted by molar-refractivity contribution is -0.139. The van der Waals surface area contributed by atoms with Crippen LogP contribution in [-0.2, 0) is 4.79 Å². The number of likely N-dealkylation sites (N-methyl/N-ethyl adjacent to an activating group) is 1. The fourth-order valence-corrected chi connectivity index (χ4v) is 4.42. The van der Waals surface area contributed by atoms with Crippen LogP contribution in [0.1, 0.15) is 79.6 Å². The lowest BCUT2D eigenvalue weighted by Gasteiger charge is -2.45. The van der Waals surface area contributed by atoms with Crippen molar-refractivity contribution in [3.63, 3.8) is 0 Å². The topological polar surface area (TPSA) is 20.3 Å². The first kappa shape index (κ1) is 17.7. The highest BCUT2D eigenvalue weighted by Crippen LogP contribution is 2.38. The van der Waals surface area contributed by atoms with E-state index in [1.54, 1.807) is 0 Å². The lowest BCUT2D eigenvalue weighted by Crippen LogP contribution is -2.57. The molecular formula is C18H35NO. The molecule has 0 aliphatic heterocycles. The Hall–Kier alpha value is -0.370. The van der Waals surface area contributed by atoms with E-state index in [-0.39, 0.29) is 5.54 Å². The molecule has 0 spiro atoms. The highest BCUT2D eigenvalue weighted by Gasteiger charge is 2.44. The van der Waals surface area contributed by atoms with Crippen LogP contribution in [0.2, 0.25) is 0 Å². The molecule has 0 radical (unpaired) electrons. The quantitative estimate of drug-likeness (QED) is 0.644. The van der Waals surface area contributed by atoms with Crippen molar-refractivity contribution in [2.45, 2.75) is 85.1 Å². The first-order valence-electron chi connectivity index (χ1n) is 8.90. The number of carbonyl (C=O) groups is 1. The molecule has 2 atom stereocenters. The maximum atomic E-state index is 13.4. The number of Topliss-reactive ketones (excluding diaryl/α,β-unsaturated/α-hetero) is 1. The summed E-state index contributed by atoms with van der Waals surface area (Å²) in [6, 6.07) is 0. The Labute approximate surface area is 126 Å². The first-order chi connectivity index (χ1) is 9.61. The van der Waals surface area contributed by atoms with Gasteiger partial charge in [0.15, 0.2) is 5.78 Å². The smallest absolute Gasteiger partial charge is 0.156 e. The van der Waals surface area contributed by atoms with Gasteiger partial charge in [-0.15, -0.1) is 0 Å². The fraction of sp³-hybridized carbons (Fsp3) is 0.944. The minimum Gasteiger partial charge on any atom is -0.297 e. The number of ketones is 1. The highest BCUT2D eigenvalue weighted by molar-refractivity contribution is 5.90. The van der Waals surface area contributed by atoms with Gasteiger partial charge in [0.05, 0.1) is 5.54 Å². The molecule has 0 N–H and O–H groups in total. The summed E-state index contributed by atoms with van der Waals surface area (Å²) in [5.41, 5.74) is -0.209. The molecule has 1 fully saturated rings. The van der Waals surface area contributed by atoms with Gasteiger partial charge >= 0.3 is 0 Å². The molecule has 20 heavy (non-hydrogen) atoms. The molecule has 2 heteroatoms. The van der Waals surface area contributed by atoms with Crippen molar-refractivity contribution in [2.75, 3.05) is 13.1 Å². The van der Waals surface area contributed by atoms with E-state index in [1.807, 2.05) is 0 Å². The Morgan fingerprint density at radius 2 is 1.55 bits per heavy atom. The third-order valence-electron chi connectivity index (χ3n) is 5.77. The molecule has 0 saturated heterocycles. The number of nitrogens with zero attached hydrogens (tertiary/aromatic N) is 1. The molecule has 1 rings (SSSR count). The minimum absolute atomic E-state index is 0.209. The average Bonchev–Trinajstić information content (AvgIpc) is 2.52. The van der Waals surface area contributed by atoms with Crippen LogP contribution in [0.3, 0.4) is 0 Å². The number of rotatable bonds is 8. The van der Waals surface area contributed by atoms with E-state index in [1.165, 1.54) is 19.3 Å². The van der Waals surface area contributed by atoms with E-state index in [2.05, 4.69) is 39.5 Å². The Balaban J connectivity index is 3.03. The van der Waals surface area contributed by atoms with Gasteiger partial charge in [-0.3, -0.25) is 9.69 Å². The third kappa shape index (κ3) is 3.27. The summed E-state index contributed by atoms with van der Waals surface area (Å²) in [5, 5.41) is 0. The van der Waals surface area contributed by atoms with Gasteiger partial charge in [0, 0.05) is 5.92 Å². The van der Waals surface area contributed by atoms with Crippen molar-refractivity contribution < 1.29 is 4.79 Å². The summed E-state index contributed by atoms with van der Waals surface area (Å²) in [4.78, 5) is 15.8. The second-order valence-electron chi connectivity index (χ2n) is 6.33. The fourth-order valence-electron chi connectivity index (χ4n) is 4.42. The zero-order valence-corrected chi connectivity index (χ0v) is 14.4. The van der Waals surface area contributed by atoms with E-state index in [0.29, 0.717) is 17.6 Å². The van der Waals surface area contributed by atoms with E-state index in [4.69, 9.17) is 0 Å². The lowest BCUT2D eigenvalue weighted by atomic mass is 9.69. The van der Waals surface area contributed by atoms with Gasteiger partial charge in [0.25, 0.3) is 0 Å². The number of hydrogen-bond donors (Lipinski definition) is 0. The second-order valence-corrected chi connectivity index (χ2v) is 6.33. The third-order valence-corrected chi connectivity index (χ3v) is 5.77. The monoisotopic (exact) mass is 281 g/mol. The van der Waals surface area contributed by atoms with Crippen molar-refractivity contribution in [1.29, 1.82) is 0 Å². The van der Waals surface area contributed by atoms with E-state index in [0.717, 1.165) is 38.8 Å². The molecule has 0 amide bonds. The normalized spacial score (nSPS) is 24.1. The molecule has 2 unspecified atom stereocenters. The molecular weight excluding hydrogens is 246 g/mol. The molecule has 0 aromatic carbocycles. The van der Waals surface area contributed by atoms with E-state index in [9.17, 15) is 4.79 Å². The molecule has 118 valence electrons. The molecule has 0 aromatic heterocycles. The van der Waals surface area contributed by atoms with Crippen molar-refractivity contribution in [3.05, 3.63) is 0 Å². The molecule has 1 saturated carbocycles. The molecule has 0 bridgehead atoms. The Morgan fingerprint density at radius 1 is 1.00 bits per heavy atom.